The van der Waals surface area contributed by atoms with E-state index < -0.39 is 0 Å². The maximum atomic E-state index is 12.4. The summed E-state index contributed by atoms with van der Waals surface area (Å²) >= 11 is 0. The van der Waals surface area contributed by atoms with Gasteiger partial charge >= 0.3 is 0 Å². The maximum absolute atomic E-state index is 12.4. The number of aryl methyl sites for hydroxylation is 1. The Labute approximate surface area is 140 Å². The SMILES string of the molecule is Cc1nnc2n1CCN(CC(=O)Nc1ccnn1[C@H](C)C1CC1)C2. The van der Waals surface area contributed by atoms with E-state index in [1.807, 2.05) is 17.7 Å². The average molecular weight is 329 g/mol. The molecule has 2 aromatic heterocycles. The summed E-state index contributed by atoms with van der Waals surface area (Å²) < 4.78 is 4.05. The molecule has 2 aromatic rings. The van der Waals surface area contributed by atoms with Crippen LogP contribution in [0.1, 0.15) is 37.5 Å². The van der Waals surface area contributed by atoms with Crippen LogP contribution in [0.4, 0.5) is 5.82 Å². The molecular formula is C16H23N7O. The highest BCUT2D eigenvalue weighted by molar-refractivity contribution is 5.91. The minimum Gasteiger partial charge on any atom is -0.313 e. The topological polar surface area (TPSA) is 80.9 Å². The molecule has 0 aromatic carbocycles. The number of aromatic nitrogens is 5. The fraction of sp³-hybridized carbons (Fsp3) is 0.625. The molecule has 0 unspecified atom stereocenters. The zero-order valence-corrected chi connectivity index (χ0v) is 14.1. The second kappa shape index (κ2) is 6.01. The zero-order chi connectivity index (χ0) is 16.7. The molecule has 0 radical (unpaired) electrons. The number of rotatable bonds is 5. The van der Waals surface area contributed by atoms with E-state index in [1.165, 1.54) is 12.8 Å². The van der Waals surface area contributed by atoms with Crippen molar-refractivity contribution in [2.24, 2.45) is 5.92 Å². The van der Waals surface area contributed by atoms with Crippen LogP contribution >= 0.6 is 0 Å². The van der Waals surface area contributed by atoms with E-state index in [4.69, 9.17) is 0 Å². The number of carbonyl (C=O) groups excluding carboxylic acids is 1. The summed E-state index contributed by atoms with van der Waals surface area (Å²) in [4.78, 5) is 14.5. The van der Waals surface area contributed by atoms with Gasteiger partial charge in [-0.3, -0.25) is 9.69 Å². The van der Waals surface area contributed by atoms with Gasteiger partial charge in [0.25, 0.3) is 0 Å². The molecule has 1 aliphatic carbocycles. The standard InChI is InChI=1S/C16H23N7O/c1-11(13-3-4-13)23-14(5-6-17-23)18-16(24)10-21-7-8-22-12(2)19-20-15(22)9-21/h5-6,11,13H,3-4,7-10H2,1-2H3,(H,18,24)/t11-/m1/s1. The van der Waals surface area contributed by atoms with Crippen molar-refractivity contribution in [2.45, 2.75) is 45.8 Å². The van der Waals surface area contributed by atoms with Gasteiger partial charge in [0.1, 0.15) is 17.5 Å². The molecule has 1 aliphatic heterocycles. The minimum absolute atomic E-state index is 0.00978. The predicted octanol–water partition coefficient (Wildman–Crippen LogP) is 1.21. The van der Waals surface area contributed by atoms with Crippen molar-refractivity contribution >= 4 is 11.7 Å². The third-order valence-electron chi connectivity index (χ3n) is 5.01. The van der Waals surface area contributed by atoms with Crippen LogP contribution in [0.3, 0.4) is 0 Å². The molecule has 0 bridgehead atoms. The van der Waals surface area contributed by atoms with Gasteiger partial charge in [0.05, 0.1) is 25.3 Å². The molecule has 3 heterocycles. The maximum Gasteiger partial charge on any atom is 0.239 e. The van der Waals surface area contributed by atoms with Gasteiger partial charge in [0.15, 0.2) is 0 Å². The predicted molar refractivity (Wildman–Crippen MR) is 88.3 cm³/mol. The molecule has 1 saturated carbocycles. The van der Waals surface area contributed by atoms with E-state index in [0.717, 1.165) is 30.6 Å². The van der Waals surface area contributed by atoms with Crippen molar-refractivity contribution in [3.63, 3.8) is 0 Å². The number of carbonyl (C=O) groups is 1. The number of anilines is 1. The number of nitrogens with one attached hydrogen (secondary N) is 1. The normalized spacial score (nSPS) is 19.1. The third-order valence-corrected chi connectivity index (χ3v) is 5.01. The van der Waals surface area contributed by atoms with Gasteiger partial charge in [0.2, 0.25) is 5.91 Å². The average Bonchev–Trinajstić information content (AvgIpc) is 3.22. The Morgan fingerprint density at radius 2 is 2.21 bits per heavy atom. The van der Waals surface area contributed by atoms with Gasteiger partial charge in [0, 0.05) is 19.2 Å². The fourth-order valence-corrected chi connectivity index (χ4v) is 3.39. The molecule has 1 N–H and O–H groups in total. The molecule has 1 amide bonds. The molecule has 24 heavy (non-hydrogen) atoms. The van der Waals surface area contributed by atoms with Gasteiger partial charge in [-0.25, -0.2) is 4.68 Å². The van der Waals surface area contributed by atoms with Crippen molar-refractivity contribution in [3.8, 4) is 0 Å². The molecule has 4 rings (SSSR count). The molecule has 8 heteroatoms. The minimum atomic E-state index is -0.00978. The fourth-order valence-electron chi connectivity index (χ4n) is 3.39. The first-order valence-electron chi connectivity index (χ1n) is 8.56. The highest BCUT2D eigenvalue weighted by Crippen LogP contribution is 2.40. The Bertz CT molecular complexity index is 745. The van der Waals surface area contributed by atoms with Gasteiger partial charge in [-0.2, -0.15) is 5.10 Å². The van der Waals surface area contributed by atoms with Crippen molar-refractivity contribution in [1.82, 2.24) is 29.4 Å². The quantitative estimate of drug-likeness (QED) is 0.892. The van der Waals surface area contributed by atoms with Gasteiger partial charge in [-0.15, -0.1) is 10.2 Å². The van der Waals surface area contributed by atoms with Crippen LogP contribution in [0.5, 0.6) is 0 Å². The first-order chi connectivity index (χ1) is 11.6. The van der Waals surface area contributed by atoms with E-state index >= 15 is 0 Å². The zero-order valence-electron chi connectivity index (χ0n) is 14.1. The number of hydrogen-bond acceptors (Lipinski definition) is 5. The Hall–Kier alpha value is -2.22. The number of nitrogens with zero attached hydrogens (tertiary/aromatic N) is 6. The van der Waals surface area contributed by atoms with E-state index in [2.05, 4.69) is 37.0 Å². The number of hydrogen-bond donors (Lipinski definition) is 1. The summed E-state index contributed by atoms with van der Waals surface area (Å²) in [6.07, 6.45) is 4.26. The third kappa shape index (κ3) is 2.93. The summed E-state index contributed by atoms with van der Waals surface area (Å²) in [5.74, 6) is 3.34. The largest absolute Gasteiger partial charge is 0.313 e. The highest BCUT2D eigenvalue weighted by atomic mass is 16.2. The molecule has 1 fully saturated rings. The molecule has 8 nitrogen and oxygen atoms in total. The van der Waals surface area contributed by atoms with Crippen LogP contribution in [0.2, 0.25) is 0 Å². The Balaban J connectivity index is 1.37. The molecule has 1 atom stereocenters. The lowest BCUT2D eigenvalue weighted by atomic mass is 10.2. The van der Waals surface area contributed by atoms with Crippen LogP contribution < -0.4 is 5.32 Å². The van der Waals surface area contributed by atoms with Crippen LogP contribution in [0, 0.1) is 12.8 Å². The second-order valence-corrected chi connectivity index (χ2v) is 6.81. The Morgan fingerprint density at radius 3 is 3.00 bits per heavy atom. The van der Waals surface area contributed by atoms with Crippen LogP contribution in [-0.4, -0.2) is 48.4 Å². The number of fused-ring (bicyclic) bond motifs is 1. The first kappa shape index (κ1) is 15.3. The van der Waals surface area contributed by atoms with E-state index in [9.17, 15) is 4.79 Å². The molecule has 0 spiro atoms. The molecule has 0 saturated heterocycles. The lowest BCUT2D eigenvalue weighted by molar-refractivity contribution is -0.117. The van der Waals surface area contributed by atoms with Crippen LogP contribution in [0.15, 0.2) is 12.3 Å². The molecular weight excluding hydrogens is 306 g/mol. The van der Waals surface area contributed by atoms with Crippen LogP contribution in [-0.2, 0) is 17.9 Å². The smallest absolute Gasteiger partial charge is 0.239 e. The molecule has 128 valence electrons. The van der Waals surface area contributed by atoms with Crippen molar-refractivity contribution in [2.75, 3.05) is 18.4 Å². The first-order valence-corrected chi connectivity index (χ1v) is 8.56. The van der Waals surface area contributed by atoms with E-state index in [0.29, 0.717) is 25.0 Å². The van der Waals surface area contributed by atoms with Gasteiger partial charge in [-0.05, 0) is 32.6 Å². The lowest BCUT2D eigenvalue weighted by Gasteiger charge is -2.26. The number of amides is 1. The summed E-state index contributed by atoms with van der Waals surface area (Å²) in [5.41, 5.74) is 0. The highest BCUT2D eigenvalue weighted by Gasteiger charge is 2.31. The van der Waals surface area contributed by atoms with Gasteiger partial charge in [-0.1, -0.05) is 0 Å². The summed E-state index contributed by atoms with van der Waals surface area (Å²) in [6.45, 7) is 6.80. The summed E-state index contributed by atoms with van der Waals surface area (Å²) in [6, 6.07) is 2.21. The Kier molecular flexibility index (Phi) is 3.84. The van der Waals surface area contributed by atoms with Crippen molar-refractivity contribution in [1.29, 1.82) is 0 Å². The van der Waals surface area contributed by atoms with Crippen molar-refractivity contribution < 1.29 is 4.79 Å². The second-order valence-electron chi connectivity index (χ2n) is 6.81. The van der Waals surface area contributed by atoms with Crippen molar-refractivity contribution in [3.05, 3.63) is 23.9 Å². The Morgan fingerprint density at radius 1 is 1.38 bits per heavy atom. The summed E-state index contributed by atoms with van der Waals surface area (Å²) in [7, 11) is 0. The molecule has 2 aliphatic rings. The monoisotopic (exact) mass is 329 g/mol. The van der Waals surface area contributed by atoms with E-state index in [1.54, 1.807) is 6.20 Å². The van der Waals surface area contributed by atoms with E-state index in [-0.39, 0.29) is 5.91 Å². The van der Waals surface area contributed by atoms with Crippen LogP contribution in [0.25, 0.3) is 0 Å². The lowest BCUT2D eigenvalue weighted by Crippen LogP contribution is -2.39. The van der Waals surface area contributed by atoms with Gasteiger partial charge < -0.3 is 9.88 Å². The summed E-state index contributed by atoms with van der Waals surface area (Å²) in [5, 5.41) is 15.7.